The van der Waals surface area contributed by atoms with Crippen LogP contribution in [-0.2, 0) is 10.0 Å². The molecule has 7 nitrogen and oxygen atoms in total. The summed E-state index contributed by atoms with van der Waals surface area (Å²) in [7, 11) is -3.87. The smallest absolute Gasteiger partial charge is 0.294 e. The second-order valence-electron chi connectivity index (χ2n) is 4.55. The third-order valence-electron chi connectivity index (χ3n) is 2.92. The Morgan fingerprint density at radius 1 is 1.23 bits per heavy atom. The van der Waals surface area contributed by atoms with Gasteiger partial charge in [0.15, 0.2) is 0 Å². The highest BCUT2D eigenvalue weighted by Gasteiger charge is 2.19. The van der Waals surface area contributed by atoms with Crippen LogP contribution in [0.5, 0.6) is 0 Å². The number of anilines is 2. The second kappa shape index (κ2) is 5.93. The average Bonchev–Trinajstić information content (AvgIpc) is 2.43. The lowest BCUT2D eigenvalue weighted by Gasteiger charge is -2.11. The Balaban J connectivity index is 2.43. The number of hydrogen-bond acceptors (Lipinski definition) is 5. The lowest BCUT2D eigenvalue weighted by atomic mass is 10.2. The molecule has 2 rings (SSSR count). The van der Waals surface area contributed by atoms with E-state index in [0.717, 1.165) is 6.07 Å². The Morgan fingerprint density at radius 2 is 1.91 bits per heavy atom. The third-order valence-corrected chi connectivity index (χ3v) is 4.94. The van der Waals surface area contributed by atoms with Crippen molar-refractivity contribution < 1.29 is 13.3 Å². The minimum absolute atomic E-state index is 0.0356. The van der Waals surface area contributed by atoms with Crippen molar-refractivity contribution in [3.63, 3.8) is 0 Å². The summed E-state index contributed by atoms with van der Waals surface area (Å²) in [6, 6.07) is 8.58. The minimum atomic E-state index is -3.87. The van der Waals surface area contributed by atoms with Crippen LogP contribution in [-0.4, -0.2) is 13.3 Å². The first-order valence-corrected chi connectivity index (χ1v) is 8.31. The van der Waals surface area contributed by atoms with Gasteiger partial charge in [-0.2, -0.15) is 0 Å². The summed E-state index contributed by atoms with van der Waals surface area (Å²) in [6.07, 6.45) is 0. The number of nitrogens with one attached hydrogen (secondary N) is 1. The first-order chi connectivity index (χ1) is 10.2. The molecule has 0 heterocycles. The summed E-state index contributed by atoms with van der Waals surface area (Å²) in [5.41, 5.74) is 5.72. The van der Waals surface area contributed by atoms with E-state index in [4.69, 9.17) is 5.73 Å². The van der Waals surface area contributed by atoms with E-state index in [-0.39, 0.29) is 22.0 Å². The molecule has 0 atom stereocenters. The predicted octanol–water partition coefficient (Wildman–Crippen LogP) is 3.05. The molecule has 0 radical (unpaired) electrons. The molecule has 2 aromatic rings. The van der Waals surface area contributed by atoms with Crippen molar-refractivity contribution in [2.45, 2.75) is 11.8 Å². The van der Waals surface area contributed by atoms with E-state index in [1.807, 2.05) is 0 Å². The van der Waals surface area contributed by atoms with E-state index in [2.05, 4.69) is 20.7 Å². The lowest BCUT2D eigenvalue weighted by Crippen LogP contribution is -2.14. The molecule has 9 heteroatoms. The lowest BCUT2D eigenvalue weighted by molar-refractivity contribution is -0.383. The van der Waals surface area contributed by atoms with Crippen LogP contribution >= 0.6 is 15.9 Å². The standard InChI is InChI=1S/C13H12BrN3O4S/c1-8-2-3-9(14)6-13(8)22(20,21)16-10-4-5-11(15)12(7-10)17(18)19/h2-7,16H,15H2,1H3. The Bertz CT molecular complexity index is 852. The fourth-order valence-electron chi connectivity index (χ4n) is 1.84. The number of nitro groups is 1. The summed E-state index contributed by atoms with van der Waals surface area (Å²) in [5.74, 6) is 0. The van der Waals surface area contributed by atoms with Crippen molar-refractivity contribution in [3.05, 3.63) is 56.5 Å². The fraction of sp³-hybridized carbons (Fsp3) is 0.0769. The van der Waals surface area contributed by atoms with E-state index in [1.54, 1.807) is 19.1 Å². The molecule has 0 aliphatic rings. The van der Waals surface area contributed by atoms with E-state index in [9.17, 15) is 18.5 Å². The monoisotopic (exact) mass is 385 g/mol. The van der Waals surface area contributed by atoms with E-state index in [1.165, 1.54) is 18.2 Å². The summed E-state index contributed by atoms with van der Waals surface area (Å²) in [4.78, 5) is 10.3. The Labute approximate surface area is 135 Å². The minimum Gasteiger partial charge on any atom is -0.393 e. The zero-order valence-electron chi connectivity index (χ0n) is 11.4. The van der Waals surface area contributed by atoms with Gasteiger partial charge in [0.05, 0.1) is 15.5 Å². The van der Waals surface area contributed by atoms with Gasteiger partial charge in [-0.05, 0) is 36.8 Å². The van der Waals surface area contributed by atoms with Gasteiger partial charge >= 0.3 is 0 Å². The van der Waals surface area contributed by atoms with Crippen LogP contribution in [0.25, 0.3) is 0 Å². The number of benzene rings is 2. The summed E-state index contributed by atoms with van der Waals surface area (Å²) in [6.45, 7) is 1.66. The van der Waals surface area contributed by atoms with Gasteiger partial charge in [0.25, 0.3) is 15.7 Å². The molecular weight excluding hydrogens is 374 g/mol. The van der Waals surface area contributed by atoms with Crippen LogP contribution in [0.1, 0.15) is 5.56 Å². The van der Waals surface area contributed by atoms with E-state index >= 15 is 0 Å². The number of rotatable bonds is 4. The Hall–Kier alpha value is -2.13. The molecule has 0 spiro atoms. The van der Waals surface area contributed by atoms with E-state index in [0.29, 0.717) is 10.0 Å². The third kappa shape index (κ3) is 3.37. The maximum absolute atomic E-state index is 12.4. The number of sulfonamides is 1. The normalized spacial score (nSPS) is 11.2. The number of nitrogens with two attached hydrogens (primary N) is 1. The number of nitro benzene ring substituents is 1. The highest BCUT2D eigenvalue weighted by molar-refractivity contribution is 9.10. The molecule has 2 aromatic carbocycles. The second-order valence-corrected chi connectivity index (χ2v) is 7.11. The summed E-state index contributed by atoms with van der Waals surface area (Å²) >= 11 is 3.22. The Morgan fingerprint density at radius 3 is 2.55 bits per heavy atom. The van der Waals surface area contributed by atoms with Gasteiger partial charge in [0.2, 0.25) is 0 Å². The molecule has 0 aliphatic heterocycles. The largest absolute Gasteiger partial charge is 0.393 e. The fourth-order valence-corrected chi connectivity index (χ4v) is 3.67. The molecule has 0 unspecified atom stereocenters. The zero-order valence-corrected chi connectivity index (χ0v) is 13.8. The molecule has 3 N–H and O–H groups in total. The van der Waals surface area contributed by atoms with Crippen molar-refractivity contribution in [1.29, 1.82) is 0 Å². The molecule has 116 valence electrons. The van der Waals surface area contributed by atoms with Crippen molar-refractivity contribution in [1.82, 2.24) is 0 Å². The summed E-state index contributed by atoms with van der Waals surface area (Å²) < 4.78 is 27.7. The molecule has 22 heavy (non-hydrogen) atoms. The van der Waals surface area contributed by atoms with Crippen molar-refractivity contribution in [3.8, 4) is 0 Å². The topological polar surface area (TPSA) is 115 Å². The van der Waals surface area contributed by atoms with Gasteiger partial charge < -0.3 is 5.73 Å². The van der Waals surface area contributed by atoms with Crippen LogP contribution in [0.3, 0.4) is 0 Å². The molecule has 0 fully saturated rings. The molecular formula is C13H12BrN3O4S. The molecule has 0 amide bonds. The Kier molecular flexibility index (Phi) is 4.38. The molecule has 0 bridgehead atoms. The van der Waals surface area contributed by atoms with Gasteiger partial charge in [0.1, 0.15) is 5.69 Å². The van der Waals surface area contributed by atoms with Crippen LogP contribution in [0.15, 0.2) is 45.8 Å². The number of hydrogen-bond donors (Lipinski definition) is 2. The van der Waals surface area contributed by atoms with Crippen LogP contribution in [0, 0.1) is 17.0 Å². The molecule has 0 aliphatic carbocycles. The predicted molar refractivity (Wildman–Crippen MR) is 87.2 cm³/mol. The van der Waals surface area contributed by atoms with Gasteiger partial charge in [-0.25, -0.2) is 8.42 Å². The molecule has 0 aromatic heterocycles. The number of aryl methyl sites for hydroxylation is 1. The van der Waals surface area contributed by atoms with Gasteiger partial charge in [0, 0.05) is 10.5 Å². The maximum atomic E-state index is 12.4. The number of nitrogens with zero attached hydrogens (tertiary/aromatic N) is 1. The average molecular weight is 386 g/mol. The molecule has 0 saturated carbocycles. The van der Waals surface area contributed by atoms with Gasteiger partial charge in [-0.1, -0.05) is 22.0 Å². The first-order valence-electron chi connectivity index (χ1n) is 6.03. The number of nitrogen functional groups attached to an aromatic ring is 1. The van der Waals surface area contributed by atoms with Crippen LogP contribution < -0.4 is 10.5 Å². The van der Waals surface area contributed by atoms with Crippen molar-refractivity contribution in [2.75, 3.05) is 10.5 Å². The number of halogens is 1. The quantitative estimate of drug-likeness (QED) is 0.476. The zero-order chi connectivity index (χ0) is 16.5. The highest BCUT2D eigenvalue weighted by atomic mass is 79.9. The van der Waals surface area contributed by atoms with Crippen LogP contribution in [0.2, 0.25) is 0 Å². The highest BCUT2D eigenvalue weighted by Crippen LogP contribution is 2.28. The molecule has 0 saturated heterocycles. The first kappa shape index (κ1) is 16.2. The SMILES string of the molecule is Cc1ccc(Br)cc1S(=O)(=O)Nc1ccc(N)c([N+](=O)[O-])c1. The van der Waals surface area contributed by atoms with Crippen LogP contribution in [0.4, 0.5) is 17.1 Å². The van der Waals surface area contributed by atoms with Gasteiger partial charge in [-0.3, -0.25) is 14.8 Å². The maximum Gasteiger partial charge on any atom is 0.294 e. The van der Waals surface area contributed by atoms with E-state index < -0.39 is 14.9 Å². The van der Waals surface area contributed by atoms with Crippen molar-refractivity contribution in [2.24, 2.45) is 0 Å². The van der Waals surface area contributed by atoms with Gasteiger partial charge in [-0.15, -0.1) is 0 Å². The summed E-state index contributed by atoms with van der Waals surface area (Å²) in [5, 5.41) is 10.9. The van der Waals surface area contributed by atoms with Crippen molar-refractivity contribution >= 4 is 43.0 Å².